The molecule has 2 unspecified atom stereocenters. The van der Waals surface area contributed by atoms with Gasteiger partial charge in [-0.25, -0.2) is 0 Å². The smallest absolute Gasteiger partial charge is 0.461 e. The van der Waals surface area contributed by atoms with E-state index in [1.165, 1.54) is 18.2 Å². The largest absolute Gasteiger partial charge is 0.469 e. The monoisotopic (exact) mass is 383 g/mol. The maximum absolute atomic E-state index is 12.1. The Kier molecular flexibility index (Phi) is 4.90. The third-order valence-corrected chi connectivity index (χ3v) is 7.58. The minimum Gasteiger partial charge on any atom is -0.469 e. The Morgan fingerprint density at radius 3 is 2.21 bits per heavy atom. The van der Waals surface area contributed by atoms with Crippen LogP contribution in [0.25, 0.3) is 0 Å². The predicted molar refractivity (Wildman–Crippen MR) is 110 cm³/mol. The van der Waals surface area contributed by atoms with Crippen molar-refractivity contribution in [1.82, 2.24) is 0 Å². The fourth-order valence-corrected chi connectivity index (χ4v) is 5.22. The first-order chi connectivity index (χ1) is 13.1. The summed E-state index contributed by atoms with van der Waals surface area (Å²) in [5.74, 6) is 0.224. The first kappa shape index (κ1) is 20.0. The number of hydrogen-bond donors (Lipinski definition) is 0. The number of ether oxygens (including phenoxy) is 1. The van der Waals surface area contributed by atoms with Gasteiger partial charge in [0.1, 0.15) is 0 Å². The standard InChI is InChI=1S/C23H32BO4/c1-21(2)22(3,4)28-24(27-21)19-15-23(11-10-16(19)12-20(25)26-5)13-17-8-6-7-9-18(17)14-23/h6-9,11,16,19H,10,12-15H2,1-5H3. The molecule has 0 bridgehead atoms. The van der Waals surface area contributed by atoms with Gasteiger partial charge in [0.15, 0.2) is 0 Å². The summed E-state index contributed by atoms with van der Waals surface area (Å²) in [6.45, 7) is 8.38. The van der Waals surface area contributed by atoms with Crippen molar-refractivity contribution < 1.29 is 18.8 Å². The molecule has 1 saturated heterocycles. The number of rotatable bonds is 3. The molecule has 1 aliphatic heterocycles. The average Bonchev–Trinajstić information content (AvgIpc) is 3.09. The molecule has 1 radical (unpaired) electrons. The molecule has 1 aromatic carbocycles. The lowest BCUT2D eigenvalue weighted by atomic mass is 9.52. The number of hydrogen-bond acceptors (Lipinski definition) is 4. The quantitative estimate of drug-likeness (QED) is 0.573. The number of fused-ring (bicyclic) bond motifs is 1. The second-order valence-corrected chi connectivity index (χ2v) is 9.96. The Morgan fingerprint density at radius 1 is 1.11 bits per heavy atom. The predicted octanol–water partition coefficient (Wildman–Crippen LogP) is 4.41. The summed E-state index contributed by atoms with van der Waals surface area (Å²) in [4.78, 5) is 12.1. The van der Waals surface area contributed by atoms with Gasteiger partial charge in [0.25, 0.3) is 0 Å². The molecule has 2 fully saturated rings. The maximum atomic E-state index is 12.1. The number of methoxy groups -OCH3 is 1. The van der Waals surface area contributed by atoms with Crippen molar-refractivity contribution in [1.29, 1.82) is 0 Å². The molecular weight excluding hydrogens is 351 g/mol. The Bertz CT molecular complexity index is 716. The third-order valence-electron chi connectivity index (χ3n) is 7.58. The maximum Gasteiger partial charge on any atom is 0.461 e. The van der Waals surface area contributed by atoms with Crippen LogP contribution in [-0.4, -0.2) is 31.4 Å². The lowest BCUT2D eigenvalue weighted by Crippen LogP contribution is -2.41. The van der Waals surface area contributed by atoms with Crippen LogP contribution >= 0.6 is 0 Å². The summed E-state index contributed by atoms with van der Waals surface area (Å²) in [7, 11) is 1.18. The summed E-state index contributed by atoms with van der Waals surface area (Å²) in [6, 6.07) is 8.77. The molecule has 1 spiro atoms. The van der Waals surface area contributed by atoms with Gasteiger partial charge in [-0.3, -0.25) is 4.79 Å². The van der Waals surface area contributed by atoms with Crippen LogP contribution in [0.5, 0.6) is 0 Å². The normalized spacial score (nSPS) is 29.7. The summed E-state index contributed by atoms with van der Waals surface area (Å²) in [5, 5.41) is 0. The van der Waals surface area contributed by atoms with E-state index in [9.17, 15) is 4.79 Å². The van der Waals surface area contributed by atoms with Crippen LogP contribution < -0.4 is 0 Å². The van der Waals surface area contributed by atoms with E-state index in [0.717, 1.165) is 25.7 Å². The van der Waals surface area contributed by atoms with Crippen molar-refractivity contribution in [3.05, 3.63) is 41.8 Å². The molecule has 3 aliphatic rings. The zero-order valence-electron chi connectivity index (χ0n) is 17.8. The van der Waals surface area contributed by atoms with Crippen LogP contribution in [0.4, 0.5) is 0 Å². The fourth-order valence-electron chi connectivity index (χ4n) is 5.22. The number of benzene rings is 1. The van der Waals surface area contributed by atoms with E-state index in [-0.39, 0.29) is 41.4 Å². The van der Waals surface area contributed by atoms with Crippen molar-refractivity contribution >= 4 is 13.1 Å². The lowest BCUT2D eigenvalue weighted by molar-refractivity contribution is -0.142. The molecule has 1 aromatic rings. The second kappa shape index (κ2) is 6.88. The molecule has 4 nitrogen and oxygen atoms in total. The molecule has 0 amide bonds. The molecule has 2 atom stereocenters. The van der Waals surface area contributed by atoms with E-state index in [4.69, 9.17) is 14.0 Å². The van der Waals surface area contributed by atoms with Gasteiger partial charge in [0.05, 0.1) is 18.3 Å². The molecule has 1 heterocycles. The van der Waals surface area contributed by atoms with Crippen LogP contribution in [0.1, 0.15) is 58.1 Å². The molecule has 4 rings (SSSR count). The fraction of sp³-hybridized carbons (Fsp3) is 0.652. The van der Waals surface area contributed by atoms with Gasteiger partial charge in [-0.05, 0) is 88.1 Å². The van der Waals surface area contributed by atoms with Crippen LogP contribution in [0.15, 0.2) is 24.3 Å². The summed E-state index contributed by atoms with van der Waals surface area (Å²) >= 11 is 0. The Balaban J connectivity index is 1.59. The van der Waals surface area contributed by atoms with Gasteiger partial charge in [0.2, 0.25) is 0 Å². The average molecular weight is 383 g/mol. The molecule has 2 aliphatic carbocycles. The van der Waals surface area contributed by atoms with Crippen molar-refractivity contribution in [3.63, 3.8) is 0 Å². The second-order valence-electron chi connectivity index (χ2n) is 9.96. The summed E-state index contributed by atoms with van der Waals surface area (Å²) < 4.78 is 17.9. The molecule has 0 N–H and O–H groups in total. The van der Waals surface area contributed by atoms with Gasteiger partial charge in [-0.2, -0.15) is 0 Å². The van der Waals surface area contributed by atoms with Crippen molar-refractivity contribution in [2.75, 3.05) is 7.11 Å². The highest BCUT2D eigenvalue weighted by Gasteiger charge is 2.58. The first-order valence-electron chi connectivity index (χ1n) is 10.5. The van der Waals surface area contributed by atoms with Gasteiger partial charge in [0, 0.05) is 6.42 Å². The van der Waals surface area contributed by atoms with Gasteiger partial charge < -0.3 is 14.0 Å². The zero-order chi connectivity index (χ0) is 20.2. The minimum absolute atomic E-state index is 0.143. The van der Waals surface area contributed by atoms with E-state index in [2.05, 4.69) is 58.4 Å². The highest BCUT2D eigenvalue weighted by molar-refractivity contribution is 6.47. The summed E-state index contributed by atoms with van der Waals surface area (Å²) in [5.41, 5.74) is 2.33. The van der Waals surface area contributed by atoms with E-state index in [1.54, 1.807) is 0 Å². The van der Waals surface area contributed by atoms with Crippen LogP contribution in [-0.2, 0) is 31.7 Å². The van der Waals surface area contributed by atoms with Crippen LogP contribution in [0.3, 0.4) is 0 Å². The molecule has 1 saturated carbocycles. The Hall–Kier alpha value is -1.33. The SMILES string of the molecule is COC(=O)CC1C[CH]C2(Cc3ccccc3C2)CC1B1OC(C)(C)C(C)(C)O1. The Morgan fingerprint density at radius 2 is 1.68 bits per heavy atom. The van der Waals surface area contributed by atoms with Crippen LogP contribution in [0.2, 0.25) is 5.82 Å². The summed E-state index contributed by atoms with van der Waals surface area (Å²) in [6.07, 6.45) is 6.93. The lowest BCUT2D eigenvalue weighted by Gasteiger charge is -2.43. The van der Waals surface area contributed by atoms with Gasteiger partial charge in [-0.15, -0.1) is 0 Å². The van der Waals surface area contributed by atoms with Crippen molar-refractivity contribution in [2.45, 2.75) is 76.8 Å². The highest BCUT2D eigenvalue weighted by Crippen LogP contribution is 2.56. The Labute approximate surface area is 169 Å². The van der Waals surface area contributed by atoms with Crippen molar-refractivity contribution in [2.24, 2.45) is 11.3 Å². The zero-order valence-corrected chi connectivity index (χ0v) is 17.8. The first-order valence-corrected chi connectivity index (χ1v) is 10.5. The van der Waals surface area contributed by atoms with Crippen LogP contribution in [0, 0.1) is 17.8 Å². The molecular formula is C23H32BO4. The molecule has 151 valence electrons. The number of carbonyl (C=O) groups is 1. The topological polar surface area (TPSA) is 44.8 Å². The van der Waals surface area contributed by atoms with E-state index in [0.29, 0.717) is 6.42 Å². The van der Waals surface area contributed by atoms with E-state index >= 15 is 0 Å². The number of esters is 1. The van der Waals surface area contributed by atoms with E-state index in [1.807, 2.05) is 0 Å². The third kappa shape index (κ3) is 3.41. The molecule has 0 aromatic heterocycles. The van der Waals surface area contributed by atoms with Gasteiger partial charge in [-0.1, -0.05) is 24.3 Å². The van der Waals surface area contributed by atoms with Crippen molar-refractivity contribution in [3.8, 4) is 0 Å². The molecule has 5 heteroatoms. The van der Waals surface area contributed by atoms with Gasteiger partial charge >= 0.3 is 13.1 Å². The highest BCUT2D eigenvalue weighted by atomic mass is 16.7. The number of carbonyl (C=O) groups excluding carboxylic acids is 1. The minimum atomic E-state index is -0.361. The van der Waals surface area contributed by atoms with E-state index < -0.39 is 0 Å². The molecule has 28 heavy (non-hydrogen) atoms.